The van der Waals surface area contributed by atoms with Gasteiger partial charge in [-0.3, -0.25) is 4.98 Å². The molecular weight excluding hydrogens is 310 g/mol. The van der Waals surface area contributed by atoms with Crippen molar-refractivity contribution in [3.8, 4) is 11.5 Å². The Morgan fingerprint density at radius 3 is 2.32 bits per heavy atom. The minimum atomic E-state index is 0.766. The third kappa shape index (κ3) is 3.38. The van der Waals surface area contributed by atoms with E-state index in [0.29, 0.717) is 0 Å². The predicted molar refractivity (Wildman–Crippen MR) is 99.1 cm³/mol. The number of hydrogen-bond donors (Lipinski definition) is 1. The van der Waals surface area contributed by atoms with Crippen LogP contribution in [0.2, 0.25) is 0 Å². The van der Waals surface area contributed by atoms with Crippen molar-refractivity contribution in [1.29, 1.82) is 0 Å². The second-order valence-electron chi connectivity index (χ2n) is 6.24. The summed E-state index contributed by atoms with van der Waals surface area (Å²) >= 11 is 0. The van der Waals surface area contributed by atoms with E-state index in [4.69, 9.17) is 9.72 Å². The molecule has 4 nitrogen and oxygen atoms in total. The lowest BCUT2D eigenvalue weighted by atomic mass is 10.1. The normalized spacial score (nSPS) is 11.0. The standard InChI is InChI=1S/C21H19N3O/c1-14-11-19-20(12-15(14)2)24-21(23-19)13-16-3-5-17(6-4-16)25-18-7-9-22-10-8-18/h3-12H,13H2,1-2H3,(H,23,24). The summed E-state index contributed by atoms with van der Waals surface area (Å²) in [7, 11) is 0. The molecule has 0 saturated carbocycles. The van der Waals surface area contributed by atoms with Crippen molar-refractivity contribution < 1.29 is 4.74 Å². The summed E-state index contributed by atoms with van der Waals surface area (Å²) in [6, 6.07) is 16.1. The number of benzene rings is 2. The number of nitrogens with zero attached hydrogens (tertiary/aromatic N) is 2. The smallest absolute Gasteiger partial charge is 0.130 e. The molecule has 0 fully saturated rings. The van der Waals surface area contributed by atoms with Crippen LogP contribution in [0.3, 0.4) is 0 Å². The van der Waals surface area contributed by atoms with Crippen LogP contribution in [0.25, 0.3) is 11.0 Å². The van der Waals surface area contributed by atoms with E-state index in [2.05, 4.69) is 48.1 Å². The van der Waals surface area contributed by atoms with E-state index >= 15 is 0 Å². The van der Waals surface area contributed by atoms with Crippen molar-refractivity contribution in [2.24, 2.45) is 0 Å². The zero-order chi connectivity index (χ0) is 17.2. The highest BCUT2D eigenvalue weighted by Crippen LogP contribution is 2.22. The number of imidazole rings is 1. The Morgan fingerprint density at radius 1 is 0.880 bits per heavy atom. The van der Waals surface area contributed by atoms with Crippen molar-refractivity contribution in [2.75, 3.05) is 0 Å². The Labute approximate surface area is 146 Å². The van der Waals surface area contributed by atoms with Gasteiger partial charge in [0.25, 0.3) is 0 Å². The molecule has 0 spiro atoms. The number of aryl methyl sites for hydroxylation is 2. The second-order valence-corrected chi connectivity index (χ2v) is 6.24. The van der Waals surface area contributed by atoms with Gasteiger partial charge in [0, 0.05) is 18.8 Å². The van der Waals surface area contributed by atoms with E-state index in [1.807, 2.05) is 24.3 Å². The van der Waals surface area contributed by atoms with Gasteiger partial charge in [0.15, 0.2) is 0 Å². The van der Waals surface area contributed by atoms with Crippen LogP contribution in [-0.2, 0) is 6.42 Å². The lowest BCUT2D eigenvalue weighted by Gasteiger charge is -2.06. The number of hydrogen-bond acceptors (Lipinski definition) is 3. The highest BCUT2D eigenvalue weighted by molar-refractivity contribution is 5.77. The van der Waals surface area contributed by atoms with Crippen LogP contribution in [-0.4, -0.2) is 15.0 Å². The summed E-state index contributed by atoms with van der Waals surface area (Å²) in [5, 5.41) is 0. The van der Waals surface area contributed by atoms with Crippen LogP contribution in [0.4, 0.5) is 0 Å². The summed E-state index contributed by atoms with van der Waals surface area (Å²) in [6.45, 7) is 4.24. The van der Waals surface area contributed by atoms with Gasteiger partial charge in [0.2, 0.25) is 0 Å². The van der Waals surface area contributed by atoms with E-state index in [9.17, 15) is 0 Å². The molecule has 0 aliphatic rings. The number of ether oxygens (including phenoxy) is 1. The number of rotatable bonds is 4. The highest BCUT2D eigenvalue weighted by Gasteiger charge is 2.06. The van der Waals surface area contributed by atoms with E-state index in [-0.39, 0.29) is 0 Å². The summed E-state index contributed by atoms with van der Waals surface area (Å²) < 4.78 is 5.79. The van der Waals surface area contributed by atoms with Gasteiger partial charge in [-0.15, -0.1) is 0 Å². The largest absolute Gasteiger partial charge is 0.457 e. The first-order chi connectivity index (χ1) is 12.2. The van der Waals surface area contributed by atoms with Gasteiger partial charge in [-0.2, -0.15) is 0 Å². The minimum Gasteiger partial charge on any atom is -0.457 e. The van der Waals surface area contributed by atoms with Crippen molar-refractivity contribution in [3.63, 3.8) is 0 Å². The molecule has 0 aliphatic heterocycles. The van der Waals surface area contributed by atoms with Crippen molar-refractivity contribution in [1.82, 2.24) is 15.0 Å². The fourth-order valence-corrected chi connectivity index (χ4v) is 2.82. The number of pyridine rings is 1. The molecule has 1 N–H and O–H groups in total. The first kappa shape index (κ1) is 15.4. The van der Waals surface area contributed by atoms with E-state index in [0.717, 1.165) is 34.8 Å². The summed E-state index contributed by atoms with van der Waals surface area (Å²) in [6.07, 6.45) is 4.20. The fourth-order valence-electron chi connectivity index (χ4n) is 2.82. The lowest BCUT2D eigenvalue weighted by molar-refractivity contribution is 0.482. The summed E-state index contributed by atoms with van der Waals surface area (Å²) in [5.74, 6) is 2.57. The second kappa shape index (κ2) is 6.40. The van der Waals surface area contributed by atoms with Gasteiger partial charge in [0.05, 0.1) is 11.0 Å². The average Bonchev–Trinajstić information content (AvgIpc) is 2.99. The molecule has 124 valence electrons. The van der Waals surface area contributed by atoms with Gasteiger partial charge >= 0.3 is 0 Å². The molecule has 0 radical (unpaired) electrons. The maximum atomic E-state index is 5.79. The SMILES string of the molecule is Cc1cc2nc(Cc3ccc(Oc4ccncc4)cc3)[nH]c2cc1C. The Morgan fingerprint density at radius 2 is 1.56 bits per heavy atom. The van der Waals surface area contributed by atoms with Gasteiger partial charge in [-0.25, -0.2) is 4.98 Å². The molecule has 2 aromatic carbocycles. The van der Waals surface area contributed by atoms with Gasteiger partial charge in [-0.1, -0.05) is 12.1 Å². The molecule has 0 amide bonds. The monoisotopic (exact) mass is 329 g/mol. The Kier molecular flexibility index (Phi) is 3.94. The fraction of sp³-hybridized carbons (Fsp3) is 0.143. The van der Waals surface area contributed by atoms with E-state index in [1.54, 1.807) is 12.4 Å². The molecule has 0 aliphatic carbocycles. The molecule has 4 aromatic rings. The number of nitrogens with one attached hydrogen (secondary N) is 1. The maximum absolute atomic E-state index is 5.79. The molecule has 4 heteroatoms. The number of H-pyrrole nitrogens is 1. The third-order valence-corrected chi connectivity index (χ3v) is 4.33. The van der Waals surface area contributed by atoms with Crippen molar-refractivity contribution >= 4 is 11.0 Å². The number of aromatic nitrogens is 3. The molecular formula is C21H19N3O. The van der Waals surface area contributed by atoms with Crippen molar-refractivity contribution in [2.45, 2.75) is 20.3 Å². The number of fused-ring (bicyclic) bond motifs is 1. The van der Waals surface area contributed by atoms with Crippen LogP contribution < -0.4 is 4.74 Å². The quantitative estimate of drug-likeness (QED) is 0.576. The molecule has 25 heavy (non-hydrogen) atoms. The van der Waals surface area contributed by atoms with Crippen LogP contribution in [0.5, 0.6) is 11.5 Å². The molecule has 0 atom stereocenters. The zero-order valence-corrected chi connectivity index (χ0v) is 14.3. The molecule has 0 bridgehead atoms. The third-order valence-electron chi connectivity index (χ3n) is 4.33. The lowest BCUT2D eigenvalue weighted by Crippen LogP contribution is -1.91. The average molecular weight is 329 g/mol. The number of aromatic amines is 1. The van der Waals surface area contributed by atoms with E-state index in [1.165, 1.54) is 16.7 Å². The summed E-state index contributed by atoms with van der Waals surface area (Å²) in [4.78, 5) is 12.1. The van der Waals surface area contributed by atoms with Crippen molar-refractivity contribution in [3.05, 3.63) is 83.4 Å². The Hall–Kier alpha value is -3.14. The molecule has 0 unspecified atom stereocenters. The Balaban J connectivity index is 1.51. The molecule has 2 heterocycles. The Bertz CT molecular complexity index is 966. The van der Waals surface area contributed by atoms with Gasteiger partial charge in [0.1, 0.15) is 17.3 Å². The summed E-state index contributed by atoms with van der Waals surface area (Å²) in [5.41, 5.74) is 5.85. The molecule has 2 aromatic heterocycles. The van der Waals surface area contributed by atoms with Crippen LogP contribution in [0.15, 0.2) is 60.9 Å². The topological polar surface area (TPSA) is 50.8 Å². The van der Waals surface area contributed by atoms with Gasteiger partial charge < -0.3 is 9.72 Å². The maximum Gasteiger partial charge on any atom is 0.130 e. The first-order valence-electron chi connectivity index (χ1n) is 8.30. The van der Waals surface area contributed by atoms with Gasteiger partial charge in [-0.05, 0) is 66.9 Å². The predicted octanol–water partition coefficient (Wildman–Crippen LogP) is 4.96. The van der Waals surface area contributed by atoms with Crippen LogP contribution >= 0.6 is 0 Å². The van der Waals surface area contributed by atoms with Crippen LogP contribution in [0, 0.1) is 13.8 Å². The molecule has 0 saturated heterocycles. The molecule has 4 rings (SSSR count). The van der Waals surface area contributed by atoms with Crippen LogP contribution in [0.1, 0.15) is 22.5 Å². The van der Waals surface area contributed by atoms with E-state index < -0.39 is 0 Å². The highest BCUT2D eigenvalue weighted by atomic mass is 16.5. The minimum absolute atomic E-state index is 0.766. The zero-order valence-electron chi connectivity index (χ0n) is 14.3. The first-order valence-corrected chi connectivity index (χ1v) is 8.30.